The number of amides is 1. The lowest BCUT2D eigenvalue weighted by molar-refractivity contribution is 0.0741. The standard InChI is InChI=1S/C15H16BrN3O3S/c1-19(12-6-7-23(21,22)9-12)15(20)14-8-13(17-18-14)10-2-4-11(16)5-3-10/h2-5,8,12H,6-7,9H2,1H3,(H,17,18). The molecule has 1 amide bonds. The molecule has 1 unspecified atom stereocenters. The van der Waals surface area contributed by atoms with Crippen molar-refractivity contribution in [3.05, 3.63) is 40.5 Å². The average Bonchev–Trinajstić information content (AvgIpc) is 3.13. The number of carbonyl (C=O) groups is 1. The molecule has 23 heavy (non-hydrogen) atoms. The van der Waals surface area contributed by atoms with E-state index in [9.17, 15) is 13.2 Å². The maximum absolute atomic E-state index is 12.5. The zero-order valence-electron chi connectivity index (χ0n) is 12.5. The van der Waals surface area contributed by atoms with E-state index in [1.165, 1.54) is 4.90 Å². The molecule has 1 aromatic carbocycles. The van der Waals surface area contributed by atoms with Gasteiger partial charge in [-0.3, -0.25) is 9.89 Å². The number of nitrogens with zero attached hydrogens (tertiary/aromatic N) is 2. The van der Waals surface area contributed by atoms with Crippen molar-refractivity contribution in [2.45, 2.75) is 12.5 Å². The second-order valence-corrected chi connectivity index (χ2v) is 8.79. The molecule has 1 aliphatic heterocycles. The first kappa shape index (κ1) is 16.2. The summed E-state index contributed by atoms with van der Waals surface area (Å²) in [7, 11) is -1.39. The van der Waals surface area contributed by atoms with Crippen LogP contribution in [0.1, 0.15) is 16.9 Å². The highest BCUT2D eigenvalue weighted by molar-refractivity contribution is 9.10. The topological polar surface area (TPSA) is 83.1 Å². The van der Waals surface area contributed by atoms with Gasteiger partial charge in [0.05, 0.1) is 17.2 Å². The van der Waals surface area contributed by atoms with Gasteiger partial charge in [0.25, 0.3) is 5.91 Å². The summed E-state index contributed by atoms with van der Waals surface area (Å²) in [4.78, 5) is 14.0. The predicted molar refractivity (Wildman–Crippen MR) is 90.9 cm³/mol. The molecule has 8 heteroatoms. The van der Waals surface area contributed by atoms with Crippen LogP contribution in [0.2, 0.25) is 0 Å². The normalized spacial score (nSPS) is 19.7. The van der Waals surface area contributed by atoms with Crippen LogP contribution in [0.4, 0.5) is 0 Å². The Kier molecular flexibility index (Phi) is 4.29. The van der Waals surface area contributed by atoms with Crippen LogP contribution < -0.4 is 0 Å². The molecule has 2 heterocycles. The van der Waals surface area contributed by atoms with Crippen LogP contribution in [0.5, 0.6) is 0 Å². The lowest BCUT2D eigenvalue weighted by atomic mass is 10.1. The van der Waals surface area contributed by atoms with E-state index in [0.717, 1.165) is 10.0 Å². The minimum Gasteiger partial charge on any atom is -0.336 e. The number of hydrogen-bond donors (Lipinski definition) is 1. The Morgan fingerprint density at radius 2 is 2.04 bits per heavy atom. The fourth-order valence-electron chi connectivity index (χ4n) is 2.64. The van der Waals surface area contributed by atoms with Crippen LogP contribution in [0, 0.1) is 0 Å². The average molecular weight is 398 g/mol. The molecule has 0 spiro atoms. The van der Waals surface area contributed by atoms with Gasteiger partial charge in [-0.15, -0.1) is 0 Å². The summed E-state index contributed by atoms with van der Waals surface area (Å²) in [5, 5.41) is 6.91. The summed E-state index contributed by atoms with van der Waals surface area (Å²) < 4.78 is 24.1. The number of benzene rings is 1. The Bertz CT molecular complexity index is 830. The number of sulfone groups is 1. The molecule has 1 aliphatic rings. The summed E-state index contributed by atoms with van der Waals surface area (Å²) >= 11 is 3.37. The van der Waals surface area contributed by atoms with Crippen molar-refractivity contribution in [2.75, 3.05) is 18.6 Å². The minimum absolute atomic E-state index is 0.0307. The molecule has 6 nitrogen and oxygen atoms in total. The maximum Gasteiger partial charge on any atom is 0.271 e. The molecule has 1 saturated heterocycles. The number of aromatic amines is 1. The largest absolute Gasteiger partial charge is 0.336 e. The van der Waals surface area contributed by atoms with Gasteiger partial charge in [-0.25, -0.2) is 8.42 Å². The van der Waals surface area contributed by atoms with Gasteiger partial charge in [0, 0.05) is 23.1 Å². The third-order valence-corrected chi connectivity index (χ3v) is 6.30. The van der Waals surface area contributed by atoms with Crippen molar-refractivity contribution < 1.29 is 13.2 Å². The quantitative estimate of drug-likeness (QED) is 0.859. The van der Waals surface area contributed by atoms with E-state index in [0.29, 0.717) is 17.8 Å². The van der Waals surface area contributed by atoms with Gasteiger partial charge in [0.2, 0.25) is 0 Å². The number of carbonyl (C=O) groups excluding carboxylic acids is 1. The van der Waals surface area contributed by atoms with E-state index in [1.807, 2.05) is 24.3 Å². The lowest BCUT2D eigenvalue weighted by Gasteiger charge is -2.22. The van der Waals surface area contributed by atoms with E-state index >= 15 is 0 Å². The van der Waals surface area contributed by atoms with Gasteiger partial charge in [-0.05, 0) is 24.6 Å². The van der Waals surface area contributed by atoms with E-state index < -0.39 is 9.84 Å². The van der Waals surface area contributed by atoms with Crippen LogP contribution in [-0.4, -0.2) is 54.0 Å². The third-order valence-electron chi connectivity index (χ3n) is 4.02. The second-order valence-electron chi connectivity index (χ2n) is 5.65. The molecule has 0 saturated carbocycles. The summed E-state index contributed by atoms with van der Waals surface area (Å²) in [5.41, 5.74) is 1.93. The molecular weight excluding hydrogens is 382 g/mol. The number of hydrogen-bond acceptors (Lipinski definition) is 4. The van der Waals surface area contributed by atoms with Crippen molar-refractivity contribution >= 4 is 31.7 Å². The van der Waals surface area contributed by atoms with Crippen LogP contribution in [0.3, 0.4) is 0 Å². The Morgan fingerprint density at radius 3 is 2.65 bits per heavy atom. The fraction of sp³-hybridized carbons (Fsp3) is 0.333. The molecule has 2 aromatic rings. The first-order valence-electron chi connectivity index (χ1n) is 7.15. The Labute approximate surface area is 142 Å². The van der Waals surface area contributed by atoms with Crippen molar-refractivity contribution in [3.8, 4) is 11.3 Å². The molecule has 1 fully saturated rings. The summed E-state index contributed by atoms with van der Waals surface area (Å²) in [6.45, 7) is 0. The van der Waals surface area contributed by atoms with E-state index in [-0.39, 0.29) is 23.5 Å². The van der Waals surface area contributed by atoms with Gasteiger partial charge in [-0.2, -0.15) is 5.10 Å². The molecular formula is C15H16BrN3O3S. The highest BCUT2D eigenvalue weighted by atomic mass is 79.9. The summed E-state index contributed by atoms with van der Waals surface area (Å²) in [5.74, 6) is -0.0753. The molecule has 1 N–H and O–H groups in total. The molecule has 3 rings (SSSR count). The van der Waals surface area contributed by atoms with Gasteiger partial charge in [0.1, 0.15) is 5.69 Å². The SMILES string of the molecule is CN(C(=O)c1cc(-c2ccc(Br)cc2)n[nH]1)C1CCS(=O)(=O)C1. The third kappa shape index (κ3) is 3.48. The predicted octanol–water partition coefficient (Wildman–Crippen LogP) is 2.10. The van der Waals surface area contributed by atoms with Crippen molar-refractivity contribution in [1.82, 2.24) is 15.1 Å². The Balaban J connectivity index is 1.77. The molecule has 0 aliphatic carbocycles. The van der Waals surface area contributed by atoms with Crippen molar-refractivity contribution in [1.29, 1.82) is 0 Å². The fourth-order valence-corrected chi connectivity index (χ4v) is 4.68. The van der Waals surface area contributed by atoms with Crippen LogP contribution in [-0.2, 0) is 9.84 Å². The number of halogens is 1. The van der Waals surface area contributed by atoms with Gasteiger partial charge in [-0.1, -0.05) is 28.1 Å². The van der Waals surface area contributed by atoms with Crippen molar-refractivity contribution in [3.63, 3.8) is 0 Å². The van der Waals surface area contributed by atoms with E-state index in [2.05, 4.69) is 26.1 Å². The molecule has 0 bridgehead atoms. The Hall–Kier alpha value is -1.67. The lowest BCUT2D eigenvalue weighted by Crippen LogP contribution is -2.38. The highest BCUT2D eigenvalue weighted by Crippen LogP contribution is 2.22. The first-order valence-corrected chi connectivity index (χ1v) is 9.76. The minimum atomic E-state index is -3.02. The van der Waals surface area contributed by atoms with Gasteiger partial charge in [0.15, 0.2) is 9.84 Å². The number of aromatic nitrogens is 2. The molecule has 0 radical (unpaired) electrons. The van der Waals surface area contributed by atoms with E-state index in [1.54, 1.807) is 13.1 Å². The zero-order valence-corrected chi connectivity index (χ0v) is 14.9. The summed E-state index contributed by atoms with van der Waals surface area (Å²) in [6, 6.07) is 9.03. The Morgan fingerprint density at radius 1 is 1.35 bits per heavy atom. The van der Waals surface area contributed by atoms with Gasteiger partial charge < -0.3 is 4.90 Å². The second kappa shape index (κ2) is 6.09. The number of H-pyrrole nitrogens is 1. The number of nitrogens with one attached hydrogen (secondary N) is 1. The molecule has 1 aromatic heterocycles. The summed E-state index contributed by atoms with van der Waals surface area (Å²) in [6.07, 6.45) is 0.484. The van der Waals surface area contributed by atoms with Crippen LogP contribution >= 0.6 is 15.9 Å². The first-order chi connectivity index (χ1) is 10.9. The molecule has 1 atom stereocenters. The van der Waals surface area contributed by atoms with Crippen LogP contribution in [0.15, 0.2) is 34.8 Å². The van der Waals surface area contributed by atoms with Gasteiger partial charge >= 0.3 is 0 Å². The van der Waals surface area contributed by atoms with Crippen molar-refractivity contribution in [2.24, 2.45) is 0 Å². The molecule has 122 valence electrons. The van der Waals surface area contributed by atoms with Crippen LogP contribution in [0.25, 0.3) is 11.3 Å². The smallest absolute Gasteiger partial charge is 0.271 e. The highest BCUT2D eigenvalue weighted by Gasteiger charge is 2.33. The number of rotatable bonds is 3. The maximum atomic E-state index is 12.5. The van der Waals surface area contributed by atoms with E-state index in [4.69, 9.17) is 0 Å². The monoisotopic (exact) mass is 397 g/mol. The zero-order chi connectivity index (χ0) is 16.6.